The lowest BCUT2D eigenvalue weighted by molar-refractivity contribution is -0.132. The first-order valence-corrected chi connectivity index (χ1v) is 10.6. The van der Waals surface area contributed by atoms with Crippen molar-refractivity contribution in [3.8, 4) is 0 Å². The number of ketones is 1. The van der Waals surface area contributed by atoms with Gasteiger partial charge in [-0.25, -0.2) is 0 Å². The van der Waals surface area contributed by atoms with Crippen molar-refractivity contribution in [1.29, 1.82) is 0 Å². The molecule has 2 aliphatic rings. The Labute approximate surface area is 157 Å². The highest BCUT2D eigenvalue weighted by Crippen LogP contribution is 2.54. The van der Waals surface area contributed by atoms with Gasteiger partial charge in [0.05, 0.1) is 16.0 Å². The minimum Gasteiger partial charge on any atom is -0.298 e. The summed E-state index contributed by atoms with van der Waals surface area (Å²) < 4.78 is 13.1. The lowest BCUT2D eigenvalue weighted by Crippen LogP contribution is -2.48. The molecule has 0 radical (unpaired) electrons. The van der Waals surface area contributed by atoms with Crippen LogP contribution in [0.2, 0.25) is 0 Å². The van der Waals surface area contributed by atoms with Crippen LogP contribution < -0.4 is 0 Å². The van der Waals surface area contributed by atoms with Gasteiger partial charge < -0.3 is 0 Å². The second-order valence-electron chi connectivity index (χ2n) is 7.56. The van der Waals surface area contributed by atoms with E-state index in [0.717, 1.165) is 37.1 Å². The van der Waals surface area contributed by atoms with Crippen LogP contribution in [0.4, 0.5) is 0 Å². The SMILES string of the molecule is CN1CCCC2(CCC(S(=O)c3ccccc3)C2=O)C1c1ccccc1. The minimum atomic E-state index is -1.27. The molecule has 4 heteroatoms. The fourth-order valence-corrected chi connectivity index (χ4v) is 6.46. The van der Waals surface area contributed by atoms with E-state index in [4.69, 9.17) is 0 Å². The third kappa shape index (κ3) is 2.85. The molecule has 1 spiro atoms. The van der Waals surface area contributed by atoms with E-state index in [1.807, 2.05) is 48.5 Å². The fraction of sp³-hybridized carbons (Fsp3) is 0.409. The van der Waals surface area contributed by atoms with Gasteiger partial charge in [0.25, 0.3) is 0 Å². The molecule has 4 unspecified atom stereocenters. The van der Waals surface area contributed by atoms with E-state index in [1.165, 1.54) is 5.56 Å². The zero-order chi connectivity index (χ0) is 18.1. The Hall–Kier alpha value is -1.78. The van der Waals surface area contributed by atoms with Crippen molar-refractivity contribution in [2.24, 2.45) is 5.41 Å². The number of Topliss-reactive ketones (excluding diaryl/α,β-unsaturated/α-hetero) is 1. The molecule has 26 heavy (non-hydrogen) atoms. The standard InChI is InChI=1S/C22H25NO2S/c1-23-16-8-14-22(20(23)17-9-4-2-5-10-17)15-13-19(21(22)24)26(25)18-11-6-3-7-12-18/h2-7,9-12,19-20H,8,13-16H2,1H3. The Balaban J connectivity index is 1.69. The van der Waals surface area contributed by atoms with Gasteiger partial charge in [-0.05, 0) is 57.0 Å². The minimum absolute atomic E-state index is 0.0859. The zero-order valence-corrected chi connectivity index (χ0v) is 16.0. The van der Waals surface area contributed by atoms with E-state index in [-0.39, 0.29) is 17.1 Å². The molecule has 1 saturated heterocycles. The molecule has 2 fully saturated rings. The van der Waals surface area contributed by atoms with E-state index < -0.39 is 16.2 Å². The quantitative estimate of drug-likeness (QED) is 0.823. The van der Waals surface area contributed by atoms with E-state index in [9.17, 15) is 9.00 Å². The second kappa shape index (κ2) is 7.09. The normalized spacial score (nSPS) is 30.6. The third-order valence-electron chi connectivity index (χ3n) is 6.08. The molecule has 2 aromatic carbocycles. The molecule has 3 nitrogen and oxygen atoms in total. The van der Waals surface area contributed by atoms with Crippen LogP contribution in [0.3, 0.4) is 0 Å². The highest BCUT2D eigenvalue weighted by molar-refractivity contribution is 7.86. The number of hydrogen-bond donors (Lipinski definition) is 0. The number of carbonyl (C=O) groups excluding carboxylic acids is 1. The fourth-order valence-electron chi connectivity index (χ4n) is 4.95. The first kappa shape index (κ1) is 17.6. The van der Waals surface area contributed by atoms with E-state index in [1.54, 1.807) is 0 Å². The summed E-state index contributed by atoms with van der Waals surface area (Å²) in [4.78, 5) is 16.7. The second-order valence-corrected chi connectivity index (χ2v) is 9.19. The van der Waals surface area contributed by atoms with Crippen molar-refractivity contribution in [3.05, 3.63) is 66.2 Å². The van der Waals surface area contributed by atoms with Crippen LogP contribution in [-0.4, -0.2) is 33.7 Å². The number of rotatable bonds is 3. The van der Waals surface area contributed by atoms with E-state index >= 15 is 0 Å². The van der Waals surface area contributed by atoms with Crippen LogP contribution in [0.5, 0.6) is 0 Å². The first-order valence-electron chi connectivity index (χ1n) is 9.39. The Morgan fingerprint density at radius 3 is 2.35 bits per heavy atom. The number of hydrogen-bond acceptors (Lipinski definition) is 3. The Morgan fingerprint density at radius 1 is 1.00 bits per heavy atom. The number of piperidine rings is 1. The molecule has 1 heterocycles. The molecule has 0 bridgehead atoms. The van der Waals surface area contributed by atoms with Crippen LogP contribution in [0.15, 0.2) is 65.6 Å². The van der Waals surface area contributed by atoms with Crippen molar-refractivity contribution >= 4 is 16.6 Å². The summed E-state index contributed by atoms with van der Waals surface area (Å²) in [5, 5.41) is -0.380. The van der Waals surface area contributed by atoms with Crippen LogP contribution in [0.25, 0.3) is 0 Å². The molecule has 0 N–H and O–H groups in total. The third-order valence-corrected chi connectivity index (χ3v) is 7.79. The highest BCUT2D eigenvalue weighted by atomic mass is 32.2. The molecule has 4 rings (SSSR count). The van der Waals surface area contributed by atoms with Gasteiger partial charge >= 0.3 is 0 Å². The van der Waals surface area contributed by atoms with Gasteiger partial charge in [0.1, 0.15) is 0 Å². The maximum atomic E-state index is 13.6. The average Bonchev–Trinajstić information content (AvgIpc) is 2.99. The lowest BCUT2D eigenvalue weighted by atomic mass is 9.69. The predicted molar refractivity (Wildman–Crippen MR) is 104 cm³/mol. The Kier molecular flexibility index (Phi) is 4.80. The smallest absolute Gasteiger partial charge is 0.156 e. The summed E-state index contributed by atoms with van der Waals surface area (Å²) in [6.45, 7) is 1.00. The Morgan fingerprint density at radius 2 is 1.65 bits per heavy atom. The number of likely N-dealkylation sites (tertiary alicyclic amines) is 1. The molecule has 136 valence electrons. The van der Waals surface area contributed by atoms with Gasteiger partial charge in [0.2, 0.25) is 0 Å². The van der Waals surface area contributed by atoms with E-state index in [2.05, 4.69) is 24.1 Å². The largest absolute Gasteiger partial charge is 0.298 e. The molecule has 0 amide bonds. The molecular weight excluding hydrogens is 342 g/mol. The Bertz CT molecular complexity index is 807. The zero-order valence-electron chi connectivity index (χ0n) is 15.1. The van der Waals surface area contributed by atoms with Crippen molar-refractivity contribution < 1.29 is 9.00 Å². The van der Waals surface area contributed by atoms with Gasteiger partial charge in [0.15, 0.2) is 5.78 Å². The van der Waals surface area contributed by atoms with Gasteiger partial charge in [-0.1, -0.05) is 48.5 Å². The summed E-state index contributed by atoms with van der Waals surface area (Å²) in [7, 11) is 0.851. The van der Waals surface area contributed by atoms with Crippen molar-refractivity contribution in [1.82, 2.24) is 4.90 Å². The van der Waals surface area contributed by atoms with Crippen molar-refractivity contribution in [3.63, 3.8) is 0 Å². The summed E-state index contributed by atoms with van der Waals surface area (Å²) in [6.07, 6.45) is 3.48. The van der Waals surface area contributed by atoms with Gasteiger partial charge in [-0.15, -0.1) is 0 Å². The molecule has 4 atom stereocenters. The monoisotopic (exact) mass is 367 g/mol. The summed E-state index contributed by atoms with van der Waals surface area (Å²) >= 11 is 0. The predicted octanol–water partition coefficient (Wildman–Crippen LogP) is 3.98. The molecule has 1 aliphatic heterocycles. The molecule has 2 aromatic rings. The summed E-state index contributed by atoms with van der Waals surface area (Å²) in [6, 6.07) is 19.9. The lowest BCUT2D eigenvalue weighted by Gasteiger charge is -2.46. The van der Waals surface area contributed by atoms with Crippen LogP contribution in [0, 0.1) is 5.41 Å². The maximum absolute atomic E-state index is 13.6. The van der Waals surface area contributed by atoms with Gasteiger partial charge in [-0.3, -0.25) is 13.9 Å². The maximum Gasteiger partial charge on any atom is 0.156 e. The van der Waals surface area contributed by atoms with E-state index in [0.29, 0.717) is 0 Å². The van der Waals surface area contributed by atoms with Crippen LogP contribution in [0.1, 0.15) is 37.3 Å². The molecule has 1 aliphatic carbocycles. The van der Waals surface area contributed by atoms with Crippen LogP contribution in [-0.2, 0) is 15.6 Å². The molecule has 1 saturated carbocycles. The van der Waals surface area contributed by atoms with Gasteiger partial charge in [-0.2, -0.15) is 0 Å². The number of benzene rings is 2. The van der Waals surface area contributed by atoms with Crippen molar-refractivity contribution in [2.45, 2.75) is 41.9 Å². The number of nitrogens with zero attached hydrogens (tertiary/aromatic N) is 1. The first-order chi connectivity index (χ1) is 12.6. The van der Waals surface area contributed by atoms with Crippen molar-refractivity contribution in [2.75, 3.05) is 13.6 Å². The summed E-state index contributed by atoms with van der Waals surface area (Å²) in [5.74, 6) is 0.208. The molecule has 0 aromatic heterocycles. The van der Waals surface area contributed by atoms with Crippen LogP contribution >= 0.6 is 0 Å². The number of carbonyl (C=O) groups is 1. The summed E-state index contributed by atoms with van der Waals surface area (Å²) in [5.41, 5.74) is 0.804. The van der Waals surface area contributed by atoms with Gasteiger partial charge in [0, 0.05) is 16.4 Å². The molecular formula is C22H25NO2S. The highest BCUT2D eigenvalue weighted by Gasteiger charge is 2.56. The topological polar surface area (TPSA) is 37.4 Å². The average molecular weight is 368 g/mol.